The molecule has 15 heavy (non-hydrogen) atoms. The summed E-state index contributed by atoms with van der Waals surface area (Å²) >= 11 is 0. The summed E-state index contributed by atoms with van der Waals surface area (Å²) in [7, 11) is 0. The zero-order chi connectivity index (χ0) is 11.1. The van der Waals surface area contributed by atoms with E-state index in [1.807, 2.05) is 6.92 Å². The molecule has 0 atom stereocenters. The predicted octanol–water partition coefficient (Wildman–Crippen LogP) is -0.00920. The summed E-state index contributed by atoms with van der Waals surface area (Å²) in [5, 5.41) is 0. The van der Waals surface area contributed by atoms with E-state index in [1.165, 1.54) is 12.4 Å². The first-order valence-corrected chi connectivity index (χ1v) is 4.57. The number of carbonyl (C=O) groups is 1. The van der Waals surface area contributed by atoms with Gasteiger partial charge in [-0.1, -0.05) is 0 Å². The third-order valence-electron chi connectivity index (χ3n) is 1.57. The van der Waals surface area contributed by atoms with Crippen LogP contribution in [0.15, 0.2) is 12.4 Å². The Bertz CT molecular complexity index is 330. The summed E-state index contributed by atoms with van der Waals surface area (Å²) in [6.07, 6.45) is 2.82. The van der Waals surface area contributed by atoms with Crippen LogP contribution in [0.3, 0.4) is 0 Å². The number of nitrogens with two attached hydrogens (primary N) is 1. The Morgan fingerprint density at radius 3 is 2.80 bits per heavy atom. The Hall–Kier alpha value is -1.69. The van der Waals surface area contributed by atoms with Crippen molar-refractivity contribution in [3.63, 3.8) is 0 Å². The molecule has 6 heteroatoms. The zero-order valence-electron chi connectivity index (χ0n) is 8.47. The Balaban J connectivity index is 2.56. The number of nitrogens with zero attached hydrogens (tertiary/aromatic N) is 2. The minimum absolute atomic E-state index is 0.0361. The van der Waals surface area contributed by atoms with Crippen LogP contribution in [0.5, 0.6) is 5.88 Å². The molecule has 0 fully saturated rings. The average molecular weight is 211 g/mol. The van der Waals surface area contributed by atoms with Gasteiger partial charge in [-0.3, -0.25) is 4.79 Å². The lowest BCUT2D eigenvalue weighted by Gasteiger charge is -2.06. The standard InChI is InChI=1S/C9H13N3O3/c1-2-14-5-6-15-9-7(8(10)13)11-3-4-12-9/h3-4H,2,5-6H2,1H3,(H2,10,13). The third-order valence-corrected chi connectivity index (χ3v) is 1.57. The lowest BCUT2D eigenvalue weighted by atomic mass is 10.4. The minimum Gasteiger partial charge on any atom is -0.474 e. The number of amides is 1. The van der Waals surface area contributed by atoms with Crippen molar-refractivity contribution in [3.8, 4) is 5.88 Å². The van der Waals surface area contributed by atoms with Gasteiger partial charge in [0.2, 0.25) is 5.88 Å². The molecule has 0 unspecified atom stereocenters. The molecule has 0 aromatic carbocycles. The molecule has 0 radical (unpaired) electrons. The zero-order valence-corrected chi connectivity index (χ0v) is 8.47. The van der Waals surface area contributed by atoms with Crippen LogP contribution in [0.25, 0.3) is 0 Å². The van der Waals surface area contributed by atoms with E-state index in [1.54, 1.807) is 0 Å². The summed E-state index contributed by atoms with van der Waals surface area (Å²) in [6, 6.07) is 0. The van der Waals surface area contributed by atoms with E-state index in [4.69, 9.17) is 15.2 Å². The normalized spacial score (nSPS) is 9.93. The van der Waals surface area contributed by atoms with E-state index in [2.05, 4.69) is 9.97 Å². The van der Waals surface area contributed by atoms with Crippen molar-refractivity contribution in [3.05, 3.63) is 18.1 Å². The molecule has 0 aliphatic heterocycles. The molecular weight excluding hydrogens is 198 g/mol. The second-order valence-electron chi connectivity index (χ2n) is 2.62. The first-order chi connectivity index (χ1) is 7.25. The largest absolute Gasteiger partial charge is 0.474 e. The van der Waals surface area contributed by atoms with Gasteiger partial charge in [0.1, 0.15) is 6.61 Å². The van der Waals surface area contributed by atoms with Gasteiger partial charge < -0.3 is 15.2 Å². The molecule has 2 N–H and O–H groups in total. The quantitative estimate of drug-likeness (QED) is 0.669. The van der Waals surface area contributed by atoms with E-state index in [-0.39, 0.29) is 11.6 Å². The van der Waals surface area contributed by atoms with Gasteiger partial charge in [-0.2, -0.15) is 0 Å². The second kappa shape index (κ2) is 5.92. The van der Waals surface area contributed by atoms with E-state index >= 15 is 0 Å². The van der Waals surface area contributed by atoms with Crippen molar-refractivity contribution < 1.29 is 14.3 Å². The molecule has 1 rings (SSSR count). The van der Waals surface area contributed by atoms with Crippen LogP contribution < -0.4 is 10.5 Å². The van der Waals surface area contributed by atoms with Crippen molar-refractivity contribution in [1.82, 2.24) is 9.97 Å². The van der Waals surface area contributed by atoms with Gasteiger partial charge in [-0.25, -0.2) is 9.97 Å². The fourth-order valence-corrected chi connectivity index (χ4v) is 0.942. The highest BCUT2D eigenvalue weighted by atomic mass is 16.5. The number of aromatic nitrogens is 2. The highest BCUT2D eigenvalue weighted by Gasteiger charge is 2.11. The van der Waals surface area contributed by atoms with Crippen LogP contribution in [0, 0.1) is 0 Å². The SMILES string of the molecule is CCOCCOc1nccnc1C(N)=O. The Morgan fingerprint density at radius 2 is 2.13 bits per heavy atom. The highest BCUT2D eigenvalue weighted by Crippen LogP contribution is 2.09. The first-order valence-electron chi connectivity index (χ1n) is 4.57. The Kier molecular flexibility index (Phi) is 4.49. The molecule has 82 valence electrons. The molecule has 0 bridgehead atoms. The lowest BCUT2D eigenvalue weighted by Crippen LogP contribution is -2.17. The van der Waals surface area contributed by atoms with Crippen molar-refractivity contribution >= 4 is 5.91 Å². The maximum absolute atomic E-state index is 10.9. The molecule has 6 nitrogen and oxygen atoms in total. The summed E-state index contributed by atoms with van der Waals surface area (Å²) in [5.41, 5.74) is 5.13. The third kappa shape index (κ3) is 3.51. The van der Waals surface area contributed by atoms with E-state index in [0.717, 1.165) is 0 Å². The minimum atomic E-state index is -0.658. The van der Waals surface area contributed by atoms with Crippen LogP contribution in [0.1, 0.15) is 17.4 Å². The van der Waals surface area contributed by atoms with Gasteiger partial charge in [0.15, 0.2) is 5.69 Å². The first kappa shape index (κ1) is 11.4. The monoisotopic (exact) mass is 211 g/mol. The van der Waals surface area contributed by atoms with Gasteiger partial charge in [-0.05, 0) is 6.92 Å². The summed E-state index contributed by atoms with van der Waals surface area (Å²) in [5.74, 6) is -0.515. The van der Waals surface area contributed by atoms with Crippen molar-refractivity contribution in [1.29, 1.82) is 0 Å². The molecule has 1 amide bonds. The smallest absolute Gasteiger partial charge is 0.272 e. The Labute approximate surface area is 87.4 Å². The molecule has 0 saturated carbocycles. The fraction of sp³-hybridized carbons (Fsp3) is 0.444. The molecule has 0 aliphatic carbocycles. The van der Waals surface area contributed by atoms with Crippen LogP contribution >= 0.6 is 0 Å². The molecule has 1 aromatic heterocycles. The number of primary amides is 1. The van der Waals surface area contributed by atoms with Gasteiger partial charge >= 0.3 is 0 Å². The van der Waals surface area contributed by atoms with E-state index in [9.17, 15) is 4.79 Å². The van der Waals surface area contributed by atoms with Crippen LogP contribution in [0.4, 0.5) is 0 Å². The number of hydrogen-bond acceptors (Lipinski definition) is 5. The summed E-state index contributed by atoms with van der Waals surface area (Å²) in [4.78, 5) is 18.5. The van der Waals surface area contributed by atoms with Crippen molar-refractivity contribution in [2.75, 3.05) is 19.8 Å². The maximum Gasteiger partial charge on any atom is 0.272 e. The average Bonchev–Trinajstić information content (AvgIpc) is 2.25. The second-order valence-corrected chi connectivity index (χ2v) is 2.62. The van der Waals surface area contributed by atoms with Crippen molar-refractivity contribution in [2.24, 2.45) is 5.73 Å². The van der Waals surface area contributed by atoms with E-state index < -0.39 is 5.91 Å². The van der Waals surface area contributed by atoms with Gasteiger partial charge in [0, 0.05) is 19.0 Å². The maximum atomic E-state index is 10.9. The van der Waals surface area contributed by atoms with Gasteiger partial charge in [0.05, 0.1) is 6.61 Å². The highest BCUT2D eigenvalue weighted by molar-refractivity contribution is 5.92. The fourth-order valence-electron chi connectivity index (χ4n) is 0.942. The van der Waals surface area contributed by atoms with Crippen LogP contribution in [-0.2, 0) is 4.74 Å². The predicted molar refractivity (Wildman–Crippen MR) is 52.5 cm³/mol. The molecule has 0 aliphatic rings. The summed E-state index contributed by atoms with van der Waals surface area (Å²) < 4.78 is 10.3. The summed E-state index contributed by atoms with van der Waals surface area (Å²) in [6.45, 7) is 3.25. The molecule has 1 aromatic rings. The molecule has 1 heterocycles. The Morgan fingerprint density at radius 1 is 1.40 bits per heavy atom. The number of ether oxygens (including phenoxy) is 2. The number of rotatable bonds is 6. The number of carbonyl (C=O) groups excluding carboxylic acids is 1. The molecular formula is C9H13N3O3. The van der Waals surface area contributed by atoms with Gasteiger partial charge in [-0.15, -0.1) is 0 Å². The lowest BCUT2D eigenvalue weighted by molar-refractivity contribution is 0.0966. The van der Waals surface area contributed by atoms with Crippen LogP contribution in [-0.4, -0.2) is 35.7 Å². The van der Waals surface area contributed by atoms with Crippen LogP contribution in [0.2, 0.25) is 0 Å². The van der Waals surface area contributed by atoms with E-state index in [0.29, 0.717) is 19.8 Å². The molecule has 0 saturated heterocycles. The number of hydrogen-bond donors (Lipinski definition) is 1. The topological polar surface area (TPSA) is 87.3 Å². The van der Waals surface area contributed by atoms with Gasteiger partial charge in [0.25, 0.3) is 5.91 Å². The van der Waals surface area contributed by atoms with Crippen molar-refractivity contribution in [2.45, 2.75) is 6.92 Å². The molecule has 0 spiro atoms.